The van der Waals surface area contributed by atoms with Crippen molar-refractivity contribution in [3.63, 3.8) is 0 Å². The van der Waals surface area contributed by atoms with Gasteiger partial charge in [-0.05, 0) is 18.8 Å². The maximum absolute atomic E-state index is 5.62. The third-order valence-electron chi connectivity index (χ3n) is 1.10. The van der Waals surface area contributed by atoms with Gasteiger partial charge in [0.05, 0.1) is 0 Å². The lowest BCUT2D eigenvalue weighted by Crippen LogP contribution is -2.21. The Hall–Kier alpha value is -0.0400. The maximum Gasteiger partial charge on any atom is 0.00703 e. The molecule has 0 rings (SSSR count). The predicted molar refractivity (Wildman–Crippen MR) is 37.4 cm³/mol. The summed E-state index contributed by atoms with van der Waals surface area (Å²) in [5.74, 6) is 0.630. The van der Waals surface area contributed by atoms with E-state index < -0.39 is 0 Å². The maximum atomic E-state index is 5.62. The Morgan fingerprint density at radius 3 is 2.12 bits per heavy atom. The van der Waals surface area contributed by atoms with Crippen LogP contribution in [0.25, 0.3) is 0 Å². The molecular weight excluding hydrogens is 98.1 g/mol. The number of hydrogen-bond donors (Lipinski definition) is 1. The molecule has 49 valence electrons. The average Bonchev–Trinajstić information content (AvgIpc) is 1.65. The molecule has 0 spiro atoms. The van der Waals surface area contributed by atoms with E-state index in [1.807, 2.05) is 0 Å². The topological polar surface area (TPSA) is 26.0 Å². The second-order valence-electron chi connectivity index (χ2n) is 2.51. The van der Waals surface area contributed by atoms with E-state index in [1.165, 1.54) is 0 Å². The van der Waals surface area contributed by atoms with Gasteiger partial charge >= 0.3 is 0 Å². The first-order valence-corrected chi connectivity index (χ1v) is 3.27. The van der Waals surface area contributed by atoms with Gasteiger partial charge in [-0.1, -0.05) is 20.8 Å². The summed E-state index contributed by atoms with van der Waals surface area (Å²) in [5, 5.41) is 0. The zero-order valence-electron chi connectivity index (χ0n) is 6.02. The molecule has 8 heavy (non-hydrogen) atoms. The molecule has 0 bridgehead atoms. The molecular formula is C7H16N. The Bertz CT molecular complexity index is 50.3. The Morgan fingerprint density at radius 1 is 1.50 bits per heavy atom. The average molecular weight is 114 g/mol. The van der Waals surface area contributed by atoms with Crippen LogP contribution in [0.15, 0.2) is 0 Å². The molecule has 2 N–H and O–H groups in total. The van der Waals surface area contributed by atoms with Crippen molar-refractivity contribution in [1.29, 1.82) is 0 Å². The number of hydrogen-bond acceptors (Lipinski definition) is 1. The molecule has 0 saturated heterocycles. The van der Waals surface area contributed by atoms with Gasteiger partial charge in [0.1, 0.15) is 0 Å². The third kappa shape index (κ3) is 4.13. The molecule has 0 aromatic heterocycles. The molecule has 1 nitrogen and oxygen atoms in total. The highest BCUT2D eigenvalue weighted by Gasteiger charge is 2.00. The van der Waals surface area contributed by atoms with E-state index in [9.17, 15) is 0 Å². The molecule has 1 heteroatoms. The number of nitrogens with two attached hydrogens (primary N) is 1. The van der Waals surface area contributed by atoms with Gasteiger partial charge in [0.15, 0.2) is 0 Å². The van der Waals surface area contributed by atoms with Crippen LogP contribution < -0.4 is 5.73 Å². The molecule has 0 aliphatic rings. The SMILES string of the molecule is CCC(N)[CH]C(C)C. The summed E-state index contributed by atoms with van der Waals surface area (Å²) >= 11 is 0. The fourth-order valence-corrected chi connectivity index (χ4v) is 0.630. The first-order chi connectivity index (χ1) is 3.66. The number of rotatable bonds is 3. The minimum absolute atomic E-state index is 0.301. The van der Waals surface area contributed by atoms with E-state index in [0.29, 0.717) is 12.0 Å². The second kappa shape index (κ2) is 3.90. The van der Waals surface area contributed by atoms with Crippen LogP contribution in [0.5, 0.6) is 0 Å². The van der Waals surface area contributed by atoms with Crippen LogP contribution in [0.2, 0.25) is 0 Å². The Morgan fingerprint density at radius 2 is 2.00 bits per heavy atom. The van der Waals surface area contributed by atoms with Gasteiger partial charge in [-0.25, -0.2) is 0 Å². The zero-order chi connectivity index (χ0) is 6.57. The van der Waals surface area contributed by atoms with Crippen molar-refractivity contribution >= 4 is 0 Å². The smallest absolute Gasteiger partial charge is 0.00703 e. The molecule has 0 aliphatic carbocycles. The van der Waals surface area contributed by atoms with Gasteiger partial charge in [-0.15, -0.1) is 0 Å². The highest BCUT2D eigenvalue weighted by atomic mass is 14.6. The van der Waals surface area contributed by atoms with Gasteiger partial charge < -0.3 is 5.73 Å². The lowest BCUT2D eigenvalue weighted by Gasteiger charge is -2.09. The van der Waals surface area contributed by atoms with Crippen molar-refractivity contribution in [2.75, 3.05) is 0 Å². The quantitative estimate of drug-likeness (QED) is 0.592. The summed E-state index contributed by atoms with van der Waals surface area (Å²) in [7, 11) is 0. The third-order valence-corrected chi connectivity index (χ3v) is 1.10. The monoisotopic (exact) mass is 114 g/mol. The van der Waals surface area contributed by atoms with Crippen LogP contribution in [-0.4, -0.2) is 6.04 Å². The van der Waals surface area contributed by atoms with E-state index in [2.05, 4.69) is 27.2 Å². The van der Waals surface area contributed by atoms with E-state index in [0.717, 1.165) is 6.42 Å². The minimum atomic E-state index is 0.301. The molecule has 1 radical (unpaired) electrons. The van der Waals surface area contributed by atoms with Gasteiger partial charge in [-0.2, -0.15) is 0 Å². The van der Waals surface area contributed by atoms with E-state index >= 15 is 0 Å². The van der Waals surface area contributed by atoms with Gasteiger partial charge in [0, 0.05) is 6.04 Å². The van der Waals surface area contributed by atoms with Crippen molar-refractivity contribution in [2.45, 2.75) is 33.2 Å². The lowest BCUT2D eigenvalue weighted by molar-refractivity contribution is 0.618. The lowest BCUT2D eigenvalue weighted by atomic mass is 10.0. The van der Waals surface area contributed by atoms with Gasteiger partial charge in [-0.3, -0.25) is 0 Å². The first kappa shape index (κ1) is 7.96. The second-order valence-corrected chi connectivity index (χ2v) is 2.51. The van der Waals surface area contributed by atoms with Crippen molar-refractivity contribution in [3.8, 4) is 0 Å². The molecule has 0 amide bonds. The molecule has 0 heterocycles. The van der Waals surface area contributed by atoms with Crippen LogP contribution >= 0.6 is 0 Å². The summed E-state index contributed by atoms with van der Waals surface area (Å²) in [6, 6.07) is 0.301. The molecule has 0 fully saturated rings. The zero-order valence-corrected chi connectivity index (χ0v) is 6.02. The normalized spacial score (nSPS) is 14.6. The van der Waals surface area contributed by atoms with Crippen molar-refractivity contribution in [3.05, 3.63) is 6.42 Å². The van der Waals surface area contributed by atoms with Crippen molar-refractivity contribution in [1.82, 2.24) is 0 Å². The fourth-order valence-electron chi connectivity index (χ4n) is 0.630. The van der Waals surface area contributed by atoms with Crippen LogP contribution in [0, 0.1) is 12.3 Å². The molecule has 0 saturated carbocycles. The molecule has 1 atom stereocenters. The summed E-state index contributed by atoms with van der Waals surface area (Å²) in [4.78, 5) is 0. The highest BCUT2D eigenvalue weighted by molar-refractivity contribution is 4.80. The molecule has 0 aromatic rings. The Kier molecular flexibility index (Phi) is 3.88. The minimum Gasteiger partial charge on any atom is -0.327 e. The summed E-state index contributed by atoms with van der Waals surface area (Å²) in [5.41, 5.74) is 5.62. The highest BCUT2D eigenvalue weighted by Crippen LogP contribution is 2.02. The summed E-state index contributed by atoms with van der Waals surface area (Å²) in [6.07, 6.45) is 3.22. The fraction of sp³-hybridized carbons (Fsp3) is 0.857. The Labute approximate surface area is 52.3 Å². The van der Waals surface area contributed by atoms with Crippen LogP contribution in [0.4, 0.5) is 0 Å². The van der Waals surface area contributed by atoms with Crippen LogP contribution in [0.1, 0.15) is 27.2 Å². The Balaban J connectivity index is 3.10. The summed E-state index contributed by atoms with van der Waals surface area (Å²) < 4.78 is 0. The molecule has 0 aliphatic heterocycles. The van der Waals surface area contributed by atoms with E-state index in [1.54, 1.807) is 0 Å². The largest absolute Gasteiger partial charge is 0.327 e. The summed E-state index contributed by atoms with van der Waals surface area (Å²) in [6.45, 7) is 6.40. The van der Waals surface area contributed by atoms with Gasteiger partial charge in [0.2, 0.25) is 0 Å². The first-order valence-electron chi connectivity index (χ1n) is 3.27. The predicted octanol–water partition coefficient (Wildman–Crippen LogP) is 1.58. The van der Waals surface area contributed by atoms with Crippen molar-refractivity contribution in [2.24, 2.45) is 11.7 Å². The molecule has 1 unspecified atom stereocenters. The van der Waals surface area contributed by atoms with Crippen LogP contribution in [-0.2, 0) is 0 Å². The van der Waals surface area contributed by atoms with Crippen LogP contribution in [0.3, 0.4) is 0 Å². The van der Waals surface area contributed by atoms with Crippen molar-refractivity contribution < 1.29 is 0 Å². The van der Waals surface area contributed by atoms with E-state index in [-0.39, 0.29) is 0 Å². The standard InChI is InChI=1S/C7H16N/c1-4-7(8)5-6(2)3/h5-7H,4,8H2,1-3H3. The molecule has 0 aromatic carbocycles. The van der Waals surface area contributed by atoms with Gasteiger partial charge in [0.25, 0.3) is 0 Å². The van der Waals surface area contributed by atoms with E-state index in [4.69, 9.17) is 5.73 Å².